The molecule has 118 valence electrons. The molecule has 0 spiro atoms. The number of halogens is 1. The normalized spacial score (nSPS) is 18.5. The molecule has 0 amide bonds. The van der Waals surface area contributed by atoms with Crippen LogP contribution in [0.4, 0.5) is 10.2 Å². The Morgan fingerprint density at radius 1 is 1.17 bits per heavy atom. The van der Waals surface area contributed by atoms with Gasteiger partial charge in [0.05, 0.1) is 5.39 Å². The Bertz CT molecular complexity index is 828. The number of rotatable bonds is 2. The van der Waals surface area contributed by atoms with Crippen molar-refractivity contribution in [3.05, 3.63) is 41.8 Å². The summed E-state index contributed by atoms with van der Waals surface area (Å²) < 4.78 is 13.2. The first kappa shape index (κ1) is 14.6. The van der Waals surface area contributed by atoms with Crippen LogP contribution in [-0.2, 0) is 0 Å². The molecule has 1 atom stereocenters. The van der Waals surface area contributed by atoms with E-state index >= 15 is 0 Å². The van der Waals surface area contributed by atoms with Gasteiger partial charge in [-0.1, -0.05) is 12.1 Å². The van der Waals surface area contributed by atoms with E-state index in [2.05, 4.69) is 27.2 Å². The van der Waals surface area contributed by atoms with E-state index in [1.807, 2.05) is 12.1 Å². The van der Waals surface area contributed by atoms with Gasteiger partial charge in [0.15, 0.2) is 0 Å². The number of benzene rings is 1. The van der Waals surface area contributed by atoms with Crippen LogP contribution < -0.4 is 4.90 Å². The van der Waals surface area contributed by atoms with Crippen LogP contribution in [0.15, 0.2) is 36.0 Å². The van der Waals surface area contributed by atoms with Gasteiger partial charge in [-0.25, -0.2) is 14.4 Å². The van der Waals surface area contributed by atoms with Crippen molar-refractivity contribution in [2.24, 2.45) is 0 Å². The molecule has 1 aliphatic rings. The van der Waals surface area contributed by atoms with Crippen molar-refractivity contribution in [3.8, 4) is 11.1 Å². The van der Waals surface area contributed by atoms with Crippen molar-refractivity contribution in [2.75, 3.05) is 11.4 Å². The minimum Gasteiger partial charge on any atom is -0.353 e. The SMILES string of the molecule is CC1CCCCN1c1ncnc2scc(-c3ccc(F)cc3)c12. The van der Waals surface area contributed by atoms with E-state index in [-0.39, 0.29) is 5.82 Å². The molecule has 0 aliphatic carbocycles. The summed E-state index contributed by atoms with van der Waals surface area (Å²) in [4.78, 5) is 12.4. The Hall–Kier alpha value is -2.01. The molecular formula is C18H18FN3S. The second-order valence-corrected chi connectivity index (χ2v) is 6.93. The zero-order valence-corrected chi connectivity index (χ0v) is 13.8. The van der Waals surface area contributed by atoms with Gasteiger partial charge in [-0.15, -0.1) is 11.3 Å². The molecule has 3 aromatic rings. The van der Waals surface area contributed by atoms with Gasteiger partial charge in [-0.05, 0) is 43.9 Å². The third-order valence-electron chi connectivity index (χ3n) is 4.58. The van der Waals surface area contributed by atoms with Crippen molar-refractivity contribution in [1.29, 1.82) is 0 Å². The first-order valence-electron chi connectivity index (χ1n) is 7.99. The highest BCUT2D eigenvalue weighted by Crippen LogP contribution is 2.39. The summed E-state index contributed by atoms with van der Waals surface area (Å²) in [6, 6.07) is 7.15. The molecule has 3 nitrogen and oxygen atoms in total. The van der Waals surface area contributed by atoms with E-state index in [0.29, 0.717) is 6.04 Å². The van der Waals surface area contributed by atoms with Gasteiger partial charge in [0, 0.05) is 23.5 Å². The minimum absolute atomic E-state index is 0.214. The zero-order valence-electron chi connectivity index (χ0n) is 13.0. The third-order valence-corrected chi connectivity index (χ3v) is 5.47. The summed E-state index contributed by atoms with van der Waals surface area (Å²) in [5.74, 6) is 0.803. The van der Waals surface area contributed by atoms with E-state index in [0.717, 1.165) is 33.7 Å². The lowest BCUT2D eigenvalue weighted by Gasteiger charge is -2.34. The fourth-order valence-corrected chi connectivity index (χ4v) is 4.24. The third kappa shape index (κ3) is 2.59. The van der Waals surface area contributed by atoms with E-state index in [1.165, 1.54) is 31.4 Å². The summed E-state index contributed by atoms with van der Waals surface area (Å²) >= 11 is 1.62. The van der Waals surface area contributed by atoms with E-state index in [1.54, 1.807) is 17.7 Å². The van der Waals surface area contributed by atoms with Gasteiger partial charge >= 0.3 is 0 Å². The molecule has 1 unspecified atom stereocenters. The van der Waals surface area contributed by atoms with Crippen LogP contribution in [-0.4, -0.2) is 22.6 Å². The fraction of sp³-hybridized carbons (Fsp3) is 0.333. The largest absolute Gasteiger partial charge is 0.353 e. The van der Waals surface area contributed by atoms with E-state index in [9.17, 15) is 4.39 Å². The zero-order chi connectivity index (χ0) is 15.8. The Kier molecular flexibility index (Phi) is 3.73. The number of hydrogen-bond acceptors (Lipinski definition) is 4. The number of aromatic nitrogens is 2. The van der Waals surface area contributed by atoms with Crippen LogP contribution >= 0.6 is 11.3 Å². The first-order chi connectivity index (χ1) is 11.2. The van der Waals surface area contributed by atoms with Gasteiger partial charge < -0.3 is 4.90 Å². The average Bonchev–Trinajstić information content (AvgIpc) is 3.00. The second kappa shape index (κ2) is 5.89. The molecule has 1 fully saturated rings. The smallest absolute Gasteiger partial charge is 0.141 e. The number of nitrogens with zero attached hydrogens (tertiary/aromatic N) is 3. The Balaban J connectivity index is 1.88. The highest BCUT2D eigenvalue weighted by molar-refractivity contribution is 7.17. The molecule has 2 aromatic heterocycles. The molecule has 1 saturated heterocycles. The molecule has 0 saturated carbocycles. The number of hydrogen-bond donors (Lipinski definition) is 0. The summed E-state index contributed by atoms with van der Waals surface area (Å²) in [5, 5.41) is 3.20. The van der Waals surface area contributed by atoms with Gasteiger partial charge in [-0.3, -0.25) is 0 Å². The second-order valence-electron chi connectivity index (χ2n) is 6.07. The monoisotopic (exact) mass is 327 g/mol. The van der Waals surface area contributed by atoms with Crippen LogP contribution in [0.5, 0.6) is 0 Å². The Morgan fingerprint density at radius 2 is 2.00 bits per heavy atom. The lowest BCUT2D eigenvalue weighted by molar-refractivity contribution is 0.482. The van der Waals surface area contributed by atoms with Crippen molar-refractivity contribution in [3.63, 3.8) is 0 Å². The first-order valence-corrected chi connectivity index (χ1v) is 8.87. The fourth-order valence-electron chi connectivity index (χ4n) is 3.33. The van der Waals surface area contributed by atoms with Gasteiger partial charge in [0.1, 0.15) is 22.8 Å². The van der Waals surface area contributed by atoms with Gasteiger partial charge in [-0.2, -0.15) is 0 Å². The average molecular weight is 327 g/mol. The van der Waals surface area contributed by atoms with Crippen molar-refractivity contribution in [2.45, 2.75) is 32.2 Å². The molecule has 0 radical (unpaired) electrons. The van der Waals surface area contributed by atoms with Crippen LogP contribution in [0.25, 0.3) is 21.3 Å². The maximum absolute atomic E-state index is 13.2. The van der Waals surface area contributed by atoms with Crippen LogP contribution in [0.3, 0.4) is 0 Å². The number of thiophene rings is 1. The summed E-state index contributed by atoms with van der Waals surface area (Å²) in [6.07, 6.45) is 5.33. The quantitative estimate of drug-likeness (QED) is 0.672. The van der Waals surface area contributed by atoms with Crippen LogP contribution in [0.1, 0.15) is 26.2 Å². The minimum atomic E-state index is -0.214. The molecular weight excluding hydrogens is 309 g/mol. The lowest BCUT2D eigenvalue weighted by atomic mass is 10.0. The molecule has 1 aliphatic heterocycles. The predicted molar refractivity (Wildman–Crippen MR) is 93.5 cm³/mol. The molecule has 3 heterocycles. The maximum Gasteiger partial charge on any atom is 0.141 e. The Morgan fingerprint density at radius 3 is 2.78 bits per heavy atom. The summed E-state index contributed by atoms with van der Waals surface area (Å²) in [7, 11) is 0. The van der Waals surface area contributed by atoms with E-state index in [4.69, 9.17) is 0 Å². The van der Waals surface area contributed by atoms with Crippen molar-refractivity contribution in [1.82, 2.24) is 9.97 Å². The highest BCUT2D eigenvalue weighted by Gasteiger charge is 2.23. The molecule has 4 rings (SSSR count). The topological polar surface area (TPSA) is 29.0 Å². The van der Waals surface area contributed by atoms with Crippen LogP contribution in [0.2, 0.25) is 0 Å². The molecule has 5 heteroatoms. The van der Waals surface area contributed by atoms with Gasteiger partial charge in [0.25, 0.3) is 0 Å². The number of anilines is 1. The number of fused-ring (bicyclic) bond motifs is 1. The lowest BCUT2D eigenvalue weighted by Crippen LogP contribution is -2.38. The van der Waals surface area contributed by atoms with Crippen molar-refractivity contribution < 1.29 is 4.39 Å². The molecule has 0 N–H and O–H groups in total. The maximum atomic E-state index is 13.2. The summed E-state index contributed by atoms with van der Waals surface area (Å²) in [5.41, 5.74) is 2.11. The predicted octanol–water partition coefficient (Wildman–Crippen LogP) is 4.88. The van der Waals surface area contributed by atoms with Crippen molar-refractivity contribution >= 4 is 27.4 Å². The van der Waals surface area contributed by atoms with Gasteiger partial charge in [0.2, 0.25) is 0 Å². The molecule has 23 heavy (non-hydrogen) atoms. The molecule has 1 aromatic carbocycles. The highest BCUT2D eigenvalue weighted by atomic mass is 32.1. The Labute approximate surface area is 138 Å². The van der Waals surface area contributed by atoms with E-state index < -0.39 is 0 Å². The van der Waals surface area contributed by atoms with Crippen LogP contribution in [0, 0.1) is 5.82 Å². The molecule has 0 bridgehead atoms. The summed E-state index contributed by atoms with van der Waals surface area (Å²) in [6.45, 7) is 3.29. The standard InChI is InChI=1S/C18H18FN3S/c1-12-4-2-3-9-22(12)17-16-15(10-23-18(16)21-11-20-17)13-5-7-14(19)8-6-13/h5-8,10-12H,2-4,9H2,1H3. The number of piperidine rings is 1.